The normalized spacial score (nSPS) is 12.1. The molecule has 0 saturated heterocycles. The number of pyridine rings is 1. The highest BCUT2D eigenvalue weighted by molar-refractivity contribution is 5.62. The van der Waals surface area contributed by atoms with Gasteiger partial charge in [-0.2, -0.15) is 4.98 Å². The van der Waals surface area contributed by atoms with Crippen LogP contribution in [0.3, 0.4) is 0 Å². The average molecular weight is 361 g/mol. The van der Waals surface area contributed by atoms with Gasteiger partial charge in [0, 0.05) is 24.9 Å². The molecule has 0 fully saturated rings. The van der Waals surface area contributed by atoms with Gasteiger partial charge in [0.25, 0.3) is 5.89 Å². The standard InChI is InChI=1S/C20H19N5O2/c1-13-6-4-5-7-16(13)19-22-20(27-24-19)15-8-9-18(21-12-15)25(3)14(2)17-10-11-26-23-17/h4-12,14H,1-3H3/t14-/m1/s1. The molecule has 4 rings (SSSR count). The Hall–Kier alpha value is -3.48. The Labute approximate surface area is 156 Å². The van der Waals surface area contributed by atoms with Gasteiger partial charge in [-0.05, 0) is 31.5 Å². The number of aryl methyl sites for hydroxylation is 1. The highest BCUT2D eigenvalue weighted by atomic mass is 16.5. The summed E-state index contributed by atoms with van der Waals surface area (Å²) in [5.41, 5.74) is 3.68. The van der Waals surface area contributed by atoms with Crippen LogP contribution in [0.4, 0.5) is 5.82 Å². The zero-order valence-electron chi connectivity index (χ0n) is 15.3. The van der Waals surface area contributed by atoms with Crippen molar-refractivity contribution in [3.63, 3.8) is 0 Å². The monoisotopic (exact) mass is 361 g/mol. The first-order valence-corrected chi connectivity index (χ1v) is 8.62. The second-order valence-corrected chi connectivity index (χ2v) is 6.35. The number of hydrogen-bond acceptors (Lipinski definition) is 7. The lowest BCUT2D eigenvalue weighted by Gasteiger charge is -2.24. The molecule has 1 aromatic carbocycles. The quantitative estimate of drug-likeness (QED) is 0.524. The summed E-state index contributed by atoms with van der Waals surface area (Å²) in [6, 6.07) is 13.7. The molecule has 0 radical (unpaired) electrons. The van der Waals surface area contributed by atoms with E-state index in [9.17, 15) is 0 Å². The van der Waals surface area contributed by atoms with Crippen LogP contribution in [0.15, 0.2) is 64.0 Å². The second kappa shape index (κ2) is 7.03. The molecule has 7 heteroatoms. The summed E-state index contributed by atoms with van der Waals surface area (Å²) in [6.07, 6.45) is 3.30. The highest BCUT2D eigenvalue weighted by Crippen LogP contribution is 2.27. The van der Waals surface area contributed by atoms with Crippen molar-refractivity contribution >= 4 is 5.82 Å². The minimum atomic E-state index is 0.0400. The summed E-state index contributed by atoms with van der Waals surface area (Å²) >= 11 is 0. The summed E-state index contributed by atoms with van der Waals surface area (Å²) < 4.78 is 10.4. The number of rotatable bonds is 5. The van der Waals surface area contributed by atoms with Crippen LogP contribution in [0.5, 0.6) is 0 Å². The van der Waals surface area contributed by atoms with E-state index in [1.165, 1.54) is 0 Å². The lowest BCUT2D eigenvalue weighted by Crippen LogP contribution is -2.22. The van der Waals surface area contributed by atoms with Gasteiger partial charge in [-0.1, -0.05) is 34.6 Å². The van der Waals surface area contributed by atoms with Crippen LogP contribution in [-0.2, 0) is 0 Å². The lowest BCUT2D eigenvalue weighted by molar-refractivity contribution is 0.406. The topological polar surface area (TPSA) is 81.1 Å². The smallest absolute Gasteiger partial charge is 0.259 e. The van der Waals surface area contributed by atoms with Crippen molar-refractivity contribution in [1.82, 2.24) is 20.3 Å². The zero-order chi connectivity index (χ0) is 18.8. The number of aromatic nitrogens is 4. The number of nitrogens with zero attached hydrogens (tertiary/aromatic N) is 5. The van der Waals surface area contributed by atoms with Crippen molar-refractivity contribution in [2.75, 3.05) is 11.9 Å². The number of hydrogen-bond donors (Lipinski definition) is 0. The maximum Gasteiger partial charge on any atom is 0.259 e. The molecule has 0 amide bonds. The minimum absolute atomic E-state index is 0.0400. The molecule has 0 saturated carbocycles. The van der Waals surface area contributed by atoms with Crippen molar-refractivity contribution in [2.45, 2.75) is 19.9 Å². The SMILES string of the molecule is Cc1ccccc1-c1noc(-c2ccc(N(C)[C@H](C)c3ccon3)nc2)n1. The van der Waals surface area contributed by atoms with Gasteiger partial charge in [0.2, 0.25) is 5.82 Å². The van der Waals surface area contributed by atoms with Crippen LogP contribution in [0.25, 0.3) is 22.8 Å². The van der Waals surface area contributed by atoms with Crippen molar-refractivity contribution in [3.8, 4) is 22.8 Å². The third-order valence-corrected chi connectivity index (χ3v) is 4.63. The van der Waals surface area contributed by atoms with Crippen LogP contribution >= 0.6 is 0 Å². The van der Waals surface area contributed by atoms with Crippen molar-refractivity contribution in [2.24, 2.45) is 0 Å². The van der Waals surface area contributed by atoms with Gasteiger partial charge in [-0.15, -0.1) is 0 Å². The Morgan fingerprint density at radius 2 is 1.89 bits per heavy atom. The molecule has 3 heterocycles. The predicted octanol–water partition coefficient (Wildman–Crippen LogP) is 4.29. The molecular weight excluding hydrogens is 342 g/mol. The van der Waals surface area contributed by atoms with Crippen LogP contribution in [0.2, 0.25) is 0 Å². The summed E-state index contributed by atoms with van der Waals surface area (Å²) in [5.74, 6) is 1.83. The van der Waals surface area contributed by atoms with Gasteiger partial charge in [-0.25, -0.2) is 4.98 Å². The van der Waals surface area contributed by atoms with E-state index in [1.807, 2.05) is 68.3 Å². The summed E-state index contributed by atoms with van der Waals surface area (Å²) in [6.45, 7) is 4.06. The molecule has 0 N–H and O–H groups in total. The van der Waals surface area contributed by atoms with Crippen LogP contribution in [-0.4, -0.2) is 27.3 Å². The fourth-order valence-electron chi connectivity index (χ4n) is 2.83. The molecule has 4 aromatic rings. The molecular formula is C20H19N5O2. The van der Waals surface area contributed by atoms with E-state index in [0.29, 0.717) is 11.7 Å². The molecule has 0 aliphatic carbocycles. The molecule has 136 valence electrons. The van der Waals surface area contributed by atoms with E-state index in [4.69, 9.17) is 9.05 Å². The molecule has 1 atom stereocenters. The summed E-state index contributed by atoms with van der Waals surface area (Å²) in [5, 5.41) is 8.09. The van der Waals surface area contributed by atoms with Gasteiger partial charge in [-0.3, -0.25) is 0 Å². The Balaban J connectivity index is 1.55. The van der Waals surface area contributed by atoms with E-state index >= 15 is 0 Å². The van der Waals surface area contributed by atoms with Gasteiger partial charge in [0.15, 0.2) is 0 Å². The fourth-order valence-corrected chi connectivity index (χ4v) is 2.83. The molecule has 3 aromatic heterocycles. The number of anilines is 1. The fraction of sp³-hybridized carbons (Fsp3) is 0.200. The van der Waals surface area contributed by atoms with Gasteiger partial charge >= 0.3 is 0 Å². The van der Waals surface area contributed by atoms with Crippen LogP contribution in [0, 0.1) is 6.92 Å². The molecule has 0 aliphatic rings. The Morgan fingerprint density at radius 3 is 2.59 bits per heavy atom. The largest absolute Gasteiger partial charge is 0.364 e. The Morgan fingerprint density at radius 1 is 1.04 bits per heavy atom. The molecule has 27 heavy (non-hydrogen) atoms. The third kappa shape index (κ3) is 3.31. The highest BCUT2D eigenvalue weighted by Gasteiger charge is 2.17. The van der Waals surface area contributed by atoms with Crippen molar-refractivity contribution in [1.29, 1.82) is 0 Å². The number of benzene rings is 1. The molecule has 0 unspecified atom stereocenters. The minimum Gasteiger partial charge on any atom is -0.364 e. The van der Waals surface area contributed by atoms with Gasteiger partial charge < -0.3 is 13.9 Å². The average Bonchev–Trinajstić information content (AvgIpc) is 3.39. The molecule has 0 spiro atoms. The Bertz CT molecular complexity index is 1020. The van der Waals surface area contributed by atoms with E-state index in [2.05, 4.69) is 20.3 Å². The van der Waals surface area contributed by atoms with E-state index in [-0.39, 0.29) is 6.04 Å². The third-order valence-electron chi connectivity index (χ3n) is 4.63. The second-order valence-electron chi connectivity index (χ2n) is 6.35. The van der Waals surface area contributed by atoms with Gasteiger partial charge in [0.05, 0.1) is 11.6 Å². The first-order chi connectivity index (χ1) is 13.1. The van der Waals surface area contributed by atoms with Crippen LogP contribution < -0.4 is 4.90 Å². The lowest BCUT2D eigenvalue weighted by atomic mass is 10.1. The first kappa shape index (κ1) is 17.0. The maximum atomic E-state index is 5.43. The summed E-state index contributed by atoms with van der Waals surface area (Å²) in [7, 11) is 1.96. The van der Waals surface area contributed by atoms with E-state index < -0.39 is 0 Å². The molecule has 0 aliphatic heterocycles. The Kier molecular flexibility index (Phi) is 4.42. The maximum absolute atomic E-state index is 5.43. The zero-order valence-corrected chi connectivity index (χ0v) is 15.3. The van der Waals surface area contributed by atoms with Crippen LogP contribution in [0.1, 0.15) is 24.2 Å². The van der Waals surface area contributed by atoms with Crippen molar-refractivity contribution < 1.29 is 9.05 Å². The predicted molar refractivity (Wildman–Crippen MR) is 101 cm³/mol. The van der Waals surface area contributed by atoms with Gasteiger partial charge in [0.1, 0.15) is 17.8 Å². The van der Waals surface area contributed by atoms with E-state index in [1.54, 1.807) is 12.5 Å². The molecule has 7 nitrogen and oxygen atoms in total. The first-order valence-electron chi connectivity index (χ1n) is 8.62. The van der Waals surface area contributed by atoms with E-state index in [0.717, 1.165) is 28.2 Å². The van der Waals surface area contributed by atoms with Crippen molar-refractivity contribution in [3.05, 3.63) is 66.2 Å². The summed E-state index contributed by atoms with van der Waals surface area (Å²) in [4.78, 5) is 11.1. The molecule has 0 bridgehead atoms.